The minimum absolute atomic E-state index is 0.0476. The van der Waals surface area contributed by atoms with Gasteiger partial charge in [0.25, 0.3) is 17.9 Å². The van der Waals surface area contributed by atoms with Crippen LogP contribution < -0.4 is 26.8 Å². The van der Waals surface area contributed by atoms with E-state index in [2.05, 4.69) is 35.0 Å². The van der Waals surface area contributed by atoms with Gasteiger partial charge in [0.15, 0.2) is 10.8 Å². The SMILES string of the molecule is CC1(C)C(NC(=O)C(=NOC(COc2ccc(Nc3nccn3CCCN)nc2)C(=O)O)c2csc(N)n2)C(=O)N1OS(=O)(=O)O. The number of pyridine rings is 1. The lowest BCUT2D eigenvalue weighted by atomic mass is 9.84. The Hall–Kier alpha value is -4.90. The van der Waals surface area contributed by atoms with Crippen molar-refractivity contribution in [3.8, 4) is 5.75 Å². The Bertz CT molecular complexity index is 1710. The van der Waals surface area contributed by atoms with Crippen LogP contribution in [0, 0.1) is 0 Å². The van der Waals surface area contributed by atoms with Gasteiger partial charge in [-0.3, -0.25) is 14.1 Å². The summed E-state index contributed by atoms with van der Waals surface area (Å²) < 4.78 is 42.7. The number of nitrogens with two attached hydrogens (primary N) is 2. The lowest BCUT2D eigenvalue weighted by molar-refractivity contribution is -0.218. The highest BCUT2D eigenvalue weighted by atomic mass is 32.3. The number of nitrogen functional groups attached to an aromatic ring is 1. The minimum atomic E-state index is -5.02. The van der Waals surface area contributed by atoms with Gasteiger partial charge in [-0.1, -0.05) is 5.16 Å². The zero-order valence-corrected chi connectivity index (χ0v) is 25.9. The van der Waals surface area contributed by atoms with Crippen LogP contribution in [0.4, 0.5) is 16.9 Å². The number of thiazole rings is 1. The molecular formula is C24H30N10O10S2. The number of imidazole rings is 1. The van der Waals surface area contributed by atoms with Gasteiger partial charge in [-0.25, -0.2) is 19.7 Å². The van der Waals surface area contributed by atoms with Crippen LogP contribution in [0.2, 0.25) is 0 Å². The molecule has 2 unspecified atom stereocenters. The highest BCUT2D eigenvalue weighted by molar-refractivity contribution is 7.80. The maximum Gasteiger partial charge on any atom is 0.418 e. The first kappa shape index (κ1) is 34.0. The van der Waals surface area contributed by atoms with Gasteiger partial charge < -0.3 is 41.3 Å². The molecule has 2 atom stereocenters. The van der Waals surface area contributed by atoms with Gasteiger partial charge in [0.05, 0.1) is 11.7 Å². The quantitative estimate of drug-likeness (QED) is 0.0480. The Morgan fingerprint density at radius 1 is 1.28 bits per heavy atom. The molecule has 4 rings (SSSR count). The van der Waals surface area contributed by atoms with Crippen molar-refractivity contribution in [3.05, 3.63) is 41.8 Å². The third kappa shape index (κ3) is 8.22. The molecule has 46 heavy (non-hydrogen) atoms. The maximum atomic E-state index is 13.2. The molecule has 4 heterocycles. The molecule has 1 aliphatic heterocycles. The topological polar surface area (TPSA) is 289 Å². The third-order valence-electron chi connectivity index (χ3n) is 6.34. The van der Waals surface area contributed by atoms with Crippen molar-refractivity contribution in [2.45, 2.75) is 44.5 Å². The standard InChI is InChI=1S/C24H30N10O10S2/c1-24(2)18(20(36)34(24)44-46(39,40)41)31-19(35)17(14-12-45-22(26)29-14)32-43-15(21(37)38)11-42-13-4-5-16(28-10-13)30-23-27-7-9-33(23)8-3-6-25/h4-5,7,9-10,12,15,18H,3,6,8,11,25H2,1-2H3,(H2,26,29)(H,31,35)(H,37,38)(H,27,28,30)(H,39,40,41). The van der Waals surface area contributed by atoms with Crippen molar-refractivity contribution in [1.29, 1.82) is 0 Å². The Balaban J connectivity index is 1.42. The first-order chi connectivity index (χ1) is 21.7. The monoisotopic (exact) mass is 682 g/mol. The van der Waals surface area contributed by atoms with Gasteiger partial charge >= 0.3 is 16.4 Å². The summed E-state index contributed by atoms with van der Waals surface area (Å²) >= 11 is 0.947. The Labute approximate surface area is 265 Å². The number of carbonyl (C=O) groups is 3. The van der Waals surface area contributed by atoms with Crippen molar-refractivity contribution in [3.63, 3.8) is 0 Å². The van der Waals surface area contributed by atoms with Gasteiger partial charge in [0.2, 0.25) is 5.95 Å². The number of aryl methyl sites for hydroxylation is 1. The van der Waals surface area contributed by atoms with E-state index in [1.165, 1.54) is 31.5 Å². The molecule has 8 N–H and O–H groups in total. The summed E-state index contributed by atoms with van der Waals surface area (Å²) in [4.78, 5) is 55.1. The number of oxime groups is 1. The second-order valence-corrected chi connectivity index (χ2v) is 11.9. The molecule has 0 aromatic carbocycles. The minimum Gasteiger partial charge on any atom is -0.487 e. The summed E-state index contributed by atoms with van der Waals surface area (Å²) in [7, 11) is -5.02. The molecule has 0 saturated carbocycles. The van der Waals surface area contributed by atoms with Crippen LogP contribution in [-0.2, 0) is 40.4 Å². The number of anilines is 3. The van der Waals surface area contributed by atoms with Crippen molar-refractivity contribution < 1.29 is 46.3 Å². The predicted molar refractivity (Wildman–Crippen MR) is 160 cm³/mol. The number of nitrogens with one attached hydrogen (secondary N) is 2. The smallest absolute Gasteiger partial charge is 0.418 e. The fraction of sp³-hybridized carbons (Fsp3) is 0.375. The van der Waals surface area contributed by atoms with Gasteiger partial charge in [-0.2, -0.15) is 13.5 Å². The summed E-state index contributed by atoms with van der Waals surface area (Å²) in [5.41, 5.74) is 9.17. The molecule has 3 aromatic rings. The number of carboxylic acids is 1. The molecule has 0 aliphatic carbocycles. The van der Waals surface area contributed by atoms with Crippen molar-refractivity contribution in [2.24, 2.45) is 10.9 Å². The van der Waals surface area contributed by atoms with Gasteiger partial charge in [0, 0.05) is 24.3 Å². The number of hydrogen-bond donors (Lipinski definition) is 6. The second-order valence-electron chi connectivity index (χ2n) is 10.0. The zero-order chi connectivity index (χ0) is 33.6. The molecule has 248 valence electrons. The van der Waals surface area contributed by atoms with Crippen LogP contribution in [0.1, 0.15) is 26.0 Å². The Kier molecular flexibility index (Phi) is 10.4. The Morgan fingerprint density at radius 2 is 2.04 bits per heavy atom. The number of ether oxygens (including phenoxy) is 1. The van der Waals surface area contributed by atoms with Gasteiger partial charge in [0.1, 0.15) is 29.9 Å². The highest BCUT2D eigenvalue weighted by Crippen LogP contribution is 2.33. The van der Waals surface area contributed by atoms with E-state index < -0.39 is 58.2 Å². The molecule has 1 aliphatic rings. The Morgan fingerprint density at radius 3 is 2.63 bits per heavy atom. The summed E-state index contributed by atoms with van der Waals surface area (Å²) in [5, 5.41) is 20.5. The number of hydrogen-bond acceptors (Lipinski definition) is 16. The van der Waals surface area contributed by atoms with Gasteiger partial charge in [-0.05, 0) is 38.9 Å². The van der Waals surface area contributed by atoms with E-state index in [9.17, 15) is 27.9 Å². The number of amides is 2. The molecule has 3 aromatic heterocycles. The predicted octanol–water partition coefficient (Wildman–Crippen LogP) is -0.498. The molecule has 1 fully saturated rings. The van der Waals surface area contributed by atoms with Gasteiger partial charge in [-0.15, -0.1) is 15.6 Å². The molecular weight excluding hydrogens is 652 g/mol. The van der Waals surface area contributed by atoms with Crippen LogP contribution >= 0.6 is 11.3 Å². The second kappa shape index (κ2) is 14.0. The fourth-order valence-electron chi connectivity index (χ4n) is 3.98. The van der Waals surface area contributed by atoms with Crippen LogP contribution in [0.15, 0.2) is 41.3 Å². The fourth-order valence-corrected chi connectivity index (χ4v) is 4.99. The molecule has 22 heteroatoms. The number of aromatic nitrogens is 4. The third-order valence-corrected chi connectivity index (χ3v) is 7.36. The summed E-state index contributed by atoms with van der Waals surface area (Å²) in [5.74, 6) is -2.32. The first-order valence-electron chi connectivity index (χ1n) is 13.3. The molecule has 0 spiro atoms. The normalized spacial score (nSPS) is 16.8. The highest BCUT2D eigenvalue weighted by Gasteiger charge is 2.58. The van der Waals surface area contributed by atoms with E-state index >= 15 is 0 Å². The van der Waals surface area contributed by atoms with Crippen molar-refractivity contribution >= 4 is 62.1 Å². The maximum absolute atomic E-state index is 13.2. The summed E-state index contributed by atoms with van der Waals surface area (Å²) in [6, 6.07) is 1.79. The number of carboxylic acid groups (broad SMARTS) is 1. The van der Waals surface area contributed by atoms with E-state index in [-0.39, 0.29) is 16.6 Å². The first-order valence-corrected chi connectivity index (χ1v) is 15.5. The number of nitrogens with zero attached hydrogens (tertiary/aromatic N) is 6. The molecule has 0 radical (unpaired) electrons. The zero-order valence-electron chi connectivity index (χ0n) is 24.3. The van der Waals surface area contributed by atoms with E-state index in [4.69, 9.17) is 25.6 Å². The van der Waals surface area contributed by atoms with E-state index in [0.717, 1.165) is 17.8 Å². The molecule has 0 bridgehead atoms. The summed E-state index contributed by atoms with van der Waals surface area (Å²) in [6.45, 7) is 3.34. The van der Waals surface area contributed by atoms with Crippen molar-refractivity contribution in [1.82, 2.24) is 29.9 Å². The van der Waals surface area contributed by atoms with Crippen LogP contribution in [0.3, 0.4) is 0 Å². The van der Waals surface area contributed by atoms with Crippen LogP contribution in [0.25, 0.3) is 0 Å². The molecule has 1 saturated heterocycles. The van der Waals surface area contributed by atoms with E-state index in [1.807, 2.05) is 4.57 Å². The number of aliphatic carboxylic acids is 1. The lowest BCUT2D eigenvalue weighted by Gasteiger charge is -2.50. The van der Waals surface area contributed by atoms with E-state index in [1.54, 1.807) is 18.5 Å². The molecule has 20 nitrogen and oxygen atoms in total. The average molecular weight is 683 g/mol. The average Bonchev–Trinajstić information content (AvgIpc) is 3.63. The van der Waals surface area contributed by atoms with E-state index in [0.29, 0.717) is 29.9 Å². The largest absolute Gasteiger partial charge is 0.487 e. The molecule has 2 amide bonds. The van der Waals surface area contributed by atoms with Crippen LogP contribution in [0.5, 0.6) is 5.75 Å². The number of hydroxylamine groups is 2. The van der Waals surface area contributed by atoms with Crippen molar-refractivity contribution in [2.75, 3.05) is 24.2 Å². The number of β-lactam (4-membered cyclic amide) rings is 1. The lowest BCUT2D eigenvalue weighted by Crippen LogP contribution is -2.76. The van der Waals surface area contributed by atoms with Crippen LogP contribution in [-0.4, -0.2) is 97.0 Å². The number of rotatable bonds is 16. The summed E-state index contributed by atoms with van der Waals surface area (Å²) in [6.07, 6.45) is 3.82. The number of carbonyl (C=O) groups excluding carboxylic acids is 2.